The second-order valence-electron chi connectivity index (χ2n) is 3.97. The Labute approximate surface area is 63.6 Å². The molecular weight excluding hydrogens is 124 g/mol. The summed E-state index contributed by atoms with van der Waals surface area (Å²) in [6.07, 6.45) is 1.33. The van der Waals surface area contributed by atoms with Crippen LogP contribution in [0.4, 0.5) is 0 Å². The summed E-state index contributed by atoms with van der Waals surface area (Å²) in [4.78, 5) is 2.25. The van der Waals surface area contributed by atoms with E-state index in [1.54, 1.807) is 0 Å². The van der Waals surface area contributed by atoms with Crippen molar-refractivity contribution in [2.75, 3.05) is 33.7 Å². The monoisotopic (exact) mass is 142 g/mol. The third kappa shape index (κ3) is 1.96. The van der Waals surface area contributed by atoms with E-state index in [0.29, 0.717) is 5.41 Å². The van der Waals surface area contributed by atoms with E-state index >= 15 is 0 Å². The average molecular weight is 142 g/mol. The van der Waals surface area contributed by atoms with Gasteiger partial charge in [-0.05, 0) is 32.5 Å². The largest absolute Gasteiger partial charge is 0.316 e. The van der Waals surface area contributed by atoms with Crippen LogP contribution in [0, 0.1) is 5.41 Å². The maximum Gasteiger partial charge on any atom is 0.00180 e. The summed E-state index contributed by atoms with van der Waals surface area (Å²) in [5, 5.41) is 3.31. The van der Waals surface area contributed by atoms with Crippen molar-refractivity contribution in [1.29, 1.82) is 0 Å². The normalized spacial score (nSPS) is 22.8. The van der Waals surface area contributed by atoms with Crippen molar-refractivity contribution in [3.05, 3.63) is 0 Å². The maximum atomic E-state index is 3.31. The van der Waals surface area contributed by atoms with Gasteiger partial charge in [-0.1, -0.05) is 6.92 Å². The molecule has 0 unspecified atom stereocenters. The number of hydrogen-bond donors (Lipinski definition) is 1. The van der Waals surface area contributed by atoms with E-state index in [-0.39, 0.29) is 0 Å². The lowest BCUT2D eigenvalue weighted by Crippen LogP contribution is -2.52. The summed E-state index contributed by atoms with van der Waals surface area (Å²) < 4.78 is 0. The highest BCUT2D eigenvalue weighted by Gasteiger charge is 2.30. The minimum Gasteiger partial charge on any atom is -0.316 e. The first-order valence-electron chi connectivity index (χ1n) is 3.98. The fourth-order valence-electron chi connectivity index (χ4n) is 1.22. The first kappa shape index (κ1) is 8.02. The molecule has 2 nitrogen and oxygen atoms in total. The Kier molecular flexibility index (Phi) is 2.32. The van der Waals surface area contributed by atoms with E-state index in [2.05, 4.69) is 31.2 Å². The highest BCUT2D eigenvalue weighted by Crippen LogP contribution is 2.25. The van der Waals surface area contributed by atoms with E-state index in [4.69, 9.17) is 0 Å². The molecule has 10 heavy (non-hydrogen) atoms. The molecule has 0 saturated carbocycles. The zero-order chi connectivity index (χ0) is 7.61. The van der Waals surface area contributed by atoms with Crippen molar-refractivity contribution in [2.45, 2.75) is 13.3 Å². The van der Waals surface area contributed by atoms with E-state index < -0.39 is 0 Å². The Hall–Kier alpha value is -0.0800. The molecule has 1 N–H and O–H groups in total. The molecule has 1 aliphatic rings. The lowest BCUT2D eigenvalue weighted by molar-refractivity contribution is 0.161. The SMILES string of the molecule is CN(C)CCC1(C)CNC1. The third-order valence-electron chi connectivity index (χ3n) is 2.27. The summed E-state index contributed by atoms with van der Waals surface area (Å²) in [5.41, 5.74) is 0.601. The van der Waals surface area contributed by atoms with Gasteiger partial charge in [-0.15, -0.1) is 0 Å². The molecule has 1 rings (SSSR count). The Morgan fingerprint density at radius 3 is 2.30 bits per heavy atom. The predicted molar refractivity (Wildman–Crippen MR) is 44.1 cm³/mol. The van der Waals surface area contributed by atoms with Crippen molar-refractivity contribution in [3.8, 4) is 0 Å². The van der Waals surface area contributed by atoms with Crippen molar-refractivity contribution in [3.63, 3.8) is 0 Å². The first-order valence-corrected chi connectivity index (χ1v) is 3.98. The van der Waals surface area contributed by atoms with Crippen LogP contribution in [-0.4, -0.2) is 38.6 Å². The average Bonchev–Trinajstić information content (AvgIpc) is 1.79. The Bertz CT molecular complexity index is 106. The molecule has 1 saturated heterocycles. The number of hydrogen-bond acceptors (Lipinski definition) is 2. The van der Waals surface area contributed by atoms with Crippen LogP contribution < -0.4 is 5.32 Å². The van der Waals surface area contributed by atoms with Crippen molar-refractivity contribution < 1.29 is 0 Å². The van der Waals surface area contributed by atoms with Gasteiger partial charge in [0.05, 0.1) is 0 Å². The Balaban J connectivity index is 2.12. The molecule has 2 heteroatoms. The quantitative estimate of drug-likeness (QED) is 0.619. The van der Waals surface area contributed by atoms with Crippen LogP contribution in [0.25, 0.3) is 0 Å². The highest BCUT2D eigenvalue weighted by molar-refractivity contribution is 4.88. The lowest BCUT2D eigenvalue weighted by Gasteiger charge is -2.40. The molecule has 0 amide bonds. The zero-order valence-corrected chi connectivity index (χ0v) is 7.28. The molecule has 1 aliphatic heterocycles. The zero-order valence-electron chi connectivity index (χ0n) is 7.28. The minimum absolute atomic E-state index is 0.601. The summed E-state index contributed by atoms with van der Waals surface area (Å²) >= 11 is 0. The summed E-state index contributed by atoms with van der Waals surface area (Å²) in [7, 11) is 4.27. The number of rotatable bonds is 3. The van der Waals surface area contributed by atoms with Crippen LogP contribution in [0.1, 0.15) is 13.3 Å². The second-order valence-corrected chi connectivity index (χ2v) is 3.97. The Morgan fingerprint density at radius 1 is 1.40 bits per heavy atom. The highest BCUT2D eigenvalue weighted by atomic mass is 15.1. The molecule has 1 heterocycles. The van der Waals surface area contributed by atoms with E-state index in [0.717, 1.165) is 0 Å². The van der Waals surface area contributed by atoms with Gasteiger partial charge in [0.2, 0.25) is 0 Å². The fourth-order valence-corrected chi connectivity index (χ4v) is 1.22. The Morgan fingerprint density at radius 2 is 2.00 bits per heavy atom. The molecule has 0 spiro atoms. The van der Waals surface area contributed by atoms with E-state index in [1.165, 1.54) is 26.1 Å². The van der Waals surface area contributed by atoms with Crippen LogP contribution >= 0.6 is 0 Å². The molecule has 0 aromatic heterocycles. The van der Waals surface area contributed by atoms with Crippen molar-refractivity contribution in [2.24, 2.45) is 5.41 Å². The van der Waals surface area contributed by atoms with Crippen LogP contribution in [-0.2, 0) is 0 Å². The molecule has 0 aromatic rings. The molecule has 0 atom stereocenters. The van der Waals surface area contributed by atoms with E-state index in [1.807, 2.05) is 0 Å². The molecule has 60 valence electrons. The molecule has 0 aromatic carbocycles. The van der Waals surface area contributed by atoms with Gasteiger partial charge < -0.3 is 10.2 Å². The minimum atomic E-state index is 0.601. The molecule has 1 fully saturated rings. The van der Waals surface area contributed by atoms with Crippen molar-refractivity contribution in [1.82, 2.24) is 10.2 Å². The summed E-state index contributed by atoms with van der Waals surface area (Å²) in [6, 6.07) is 0. The molecule has 0 aliphatic carbocycles. The van der Waals surface area contributed by atoms with Gasteiger partial charge in [-0.25, -0.2) is 0 Å². The maximum absolute atomic E-state index is 3.31. The van der Waals surface area contributed by atoms with Gasteiger partial charge in [-0.2, -0.15) is 0 Å². The predicted octanol–water partition coefficient (Wildman–Crippen LogP) is 0.548. The van der Waals surface area contributed by atoms with Gasteiger partial charge >= 0.3 is 0 Å². The first-order chi connectivity index (χ1) is 4.62. The van der Waals surface area contributed by atoms with E-state index in [9.17, 15) is 0 Å². The van der Waals surface area contributed by atoms with Gasteiger partial charge in [0, 0.05) is 13.1 Å². The molecule has 0 radical (unpaired) electrons. The van der Waals surface area contributed by atoms with Crippen LogP contribution in [0.2, 0.25) is 0 Å². The smallest absolute Gasteiger partial charge is 0.00180 e. The van der Waals surface area contributed by atoms with Crippen LogP contribution in [0.15, 0.2) is 0 Å². The molecular formula is C8H18N2. The van der Waals surface area contributed by atoms with Gasteiger partial charge in [0.1, 0.15) is 0 Å². The molecule has 0 bridgehead atoms. The van der Waals surface area contributed by atoms with Crippen LogP contribution in [0.5, 0.6) is 0 Å². The second kappa shape index (κ2) is 2.89. The van der Waals surface area contributed by atoms with Gasteiger partial charge in [0.15, 0.2) is 0 Å². The summed E-state index contributed by atoms with van der Waals surface area (Å²) in [6.45, 7) is 5.99. The number of nitrogens with one attached hydrogen (secondary N) is 1. The summed E-state index contributed by atoms with van der Waals surface area (Å²) in [5.74, 6) is 0. The standard InChI is InChI=1S/C8H18N2/c1-8(6-9-7-8)4-5-10(2)3/h9H,4-7H2,1-3H3. The fraction of sp³-hybridized carbons (Fsp3) is 1.00. The lowest BCUT2D eigenvalue weighted by atomic mass is 9.81. The van der Waals surface area contributed by atoms with Gasteiger partial charge in [-0.3, -0.25) is 0 Å². The van der Waals surface area contributed by atoms with Crippen LogP contribution in [0.3, 0.4) is 0 Å². The van der Waals surface area contributed by atoms with Gasteiger partial charge in [0.25, 0.3) is 0 Å². The van der Waals surface area contributed by atoms with Crippen molar-refractivity contribution >= 4 is 0 Å². The number of nitrogens with zero attached hydrogens (tertiary/aromatic N) is 1. The third-order valence-corrected chi connectivity index (χ3v) is 2.27. The topological polar surface area (TPSA) is 15.3 Å².